The molecule has 1 aromatic carbocycles. The number of aryl methyl sites for hydroxylation is 1. The lowest BCUT2D eigenvalue weighted by Gasteiger charge is -2.21. The molecule has 0 fully saturated rings. The summed E-state index contributed by atoms with van der Waals surface area (Å²) >= 11 is 6.07. The van der Waals surface area contributed by atoms with Gasteiger partial charge in [-0.1, -0.05) is 23.7 Å². The molecule has 20 heavy (non-hydrogen) atoms. The van der Waals surface area contributed by atoms with Gasteiger partial charge in [-0.3, -0.25) is 14.7 Å². The van der Waals surface area contributed by atoms with Gasteiger partial charge in [-0.15, -0.1) is 0 Å². The van der Waals surface area contributed by atoms with Crippen LogP contribution in [-0.4, -0.2) is 21.9 Å². The number of carbonyl (C=O) groups excluding carboxylic acids is 2. The van der Waals surface area contributed by atoms with E-state index < -0.39 is 5.92 Å². The fourth-order valence-corrected chi connectivity index (χ4v) is 2.73. The molecule has 6 heteroatoms. The molecule has 2 aromatic rings. The van der Waals surface area contributed by atoms with Crippen molar-refractivity contribution in [1.82, 2.24) is 10.2 Å². The SMILES string of the molecule is Cc1[nH]nc2c1C(C(=O)c1ccccc1Cl)CC(=O)N2. The Balaban J connectivity index is 2.06. The number of rotatable bonds is 2. The van der Waals surface area contributed by atoms with Crippen LogP contribution in [0.3, 0.4) is 0 Å². The molecule has 0 aliphatic carbocycles. The average molecular weight is 290 g/mol. The van der Waals surface area contributed by atoms with Crippen molar-refractivity contribution in [2.24, 2.45) is 0 Å². The second-order valence-corrected chi connectivity index (χ2v) is 5.17. The van der Waals surface area contributed by atoms with Crippen molar-refractivity contribution in [3.8, 4) is 0 Å². The van der Waals surface area contributed by atoms with Gasteiger partial charge in [-0.25, -0.2) is 0 Å². The summed E-state index contributed by atoms with van der Waals surface area (Å²) in [6.07, 6.45) is 0.109. The first-order valence-corrected chi connectivity index (χ1v) is 6.59. The molecule has 2 N–H and O–H groups in total. The maximum absolute atomic E-state index is 12.7. The summed E-state index contributed by atoms with van der Waals surface area (Å²) in [5, 5.41) is 9.87. The van der Waals surface area contributed by atoms with Crippen LogP contribution in [0.15, 0.2) is 24.3 Å². The van der Waals surface area contributed by atoms with Crippen molar-refractivity contribution in [3.63, 3.8) is 0 Å². The number of benzene rings is 1. The predicted octanol–water partition coefficient (Wildman–Crippen LogP) is 2.68. The molecule has 1 unspecified atom stereocenters. The van der Waals surface area contributed by atoms with Crippen molar-refractivity contribution in [3.05, 3.63) is 46.1 Å². The normalized spacial score (nSPS) is 17.5. The molecule has 102 valence electrons. The number of amides is 1. The predicted molar refractivity (Wildman–Crippen MR) is 75.1 cm³/mol. The number of aromatic nitrogens is 2. The lowest BCUT2D eigenvalue weighted by molar-refractivity contribution is -0.116. The zero-order chi connectivity index (χ0) is 14.3. The highest BCUT2D eigenvalue weighted by Gasteiger charge is 2.35. The van der Waals surface area contributed by atoms with Crippen LogP contribution in [0.4, 0.5) is 5.82 Å². The topological polar surface area (TPSA) is 74.8 Å². The molecule has 1 atom stereocenters. The Bertz CT molecular complexity index is 708. The first-order valence-electron chi connectivity index (χ1n) is 6.21. The fraction of sp³-hybridized carbons (Fsp3) is 0.214. The van der Waals surface area contributed by atoms with Gasteiger partial charge in [0.1, 0.15) is 0 Å². The van der Waals surface area contributed by atoms with Crippen LogP contribution in [0.1, 0.15) is 34.0 Å². The third kappa shape index (κ3) is 2.00. The molecule has 1 amide bonds. The van der Waals surface area contributed by atoms with Crippen molar-refractivity contribution < 1.29 is 9.59 Å². The largest absolute Gasteiger partial charge is 0.309 e. The van der Waals surface area contributed by atoms with E-state index in [1.54, 1.807) is 24.3 Å². The Morgan fingerprint density at radius 3 is 2.90 bits per heavy atom. The molecular formula is C14H12ClN3O2. The van der Waals surface area contributed by atoms with Gasteiger partial charge in [-0.05, 0) is 19.1 Å². The van der Waals surface area contributed by atoms with Gasteiger partial charge in [-0.2, -0.15) is 5.10 Å². The highest BCUT2D eigenvalue weighted by Crippen LogP contribution is 2.36. The van der Waals surface area contributed by atoms with Crippen LogP contribution < -0.4 is 5.32 Å². The highest BCUT2D eigenvalue weighted by atomic mass is 35.5. The van der Waals surface area contributed by atoms with Crippen LogP contribution in [0.2, 0.25) is 5.02 Å². The average Bonchev–Trinajstić information content (AvgIpc) is 2.79. The van der Waals surface area contributed by atoms with Gasteiger partial charge < -0.3 is 5.32 Å². The van der Waals surface area contributed by atoms with Crippen LogP contribution in [0.5, 0.6) is 0 Å². The van der Waals surface area contributed by atoms with Crippen LogP contribution >= 0.6 is 11.6 Å². The number of ketones is 1. The Kier molecular flexibility index (Phi) is 3.06. The van der Waals surface area contributed by atoms with E-state index >= 15 is 0 Å². The van der Waals surface area contributed by atoms with E-state index in [0.717, 1.165) is 11.3 Å². The molecule has 5 nitrogen and oxygen atoms in total. The number of nitrogens with zero attached hydrogens (tertiary/aromatic N) is 1. The minimum Gasteiger partial charge on any atom is -0.309 e. The number of nitrogens with one attached hydrogen (secondary N) is 2. The minimum absolute atomic E-state index is 0.109. The first kappa shape index (κ1) is 12.9. The zero-order valence-electron chi connectivity index (χ0n) is 10.7. The molecule has 2 heterocycles. The molecule has 0 radical (unpaired) electrons. The van der Waals surface area contributed by atoms with Gasteiger partial charge in [0.05, 0.1) is 10.9 Å². The number of Topliss-reactive ketones (excluding diaryl/α,β-unsaturated/α-hetero) is 1. The minimum atomic E-state index is -0.544. The van der Waals surface area contributed by atoms with Crippen molar-refractivity contribution in [1.29, 1.82) is 0 Å². The number of halogens is 1. The second-order valence-electron chi connectivity index (χ2n) is 4.76. The molecule has 3 rings (SSSR count). The van der Waals surface area contributed by atoms with Gasteiger partial charge in [0, 0.05) is 23.2 Å². The van der Waals surface area contributed by atoms with E-state index in [9.17, 15) is 9.59 Å². The van der Waals surface area contributed by atoms with Crippen molar-refractivity contribution in [2.75, 3.05) is 5.32 Å². The Hall–Kier alpha value is -2.14. The number of hydrogen-bond donors (Lipinski definition) is 2. The molecule has 1 aliphatic heterocycles. The third-order valence-corrected chi connectivity index (χ3v) is 3.78. The lowest BCUT2D eigenvalue weighted by atomic mass is 9.85. The third-order valence-electron chi connectivity index (χ3n) is 3.45. The Morgan fingerprint density at radius 1 is 1.40 bits per heavy atom. The molecule has 0 bridgehead atoms. The fourth-order valence-electron chi connectivity index (χ4n) is 2.50. The van der Waals surface area contributed by atoms with E-state index in [2.05, 4.69) is 15.5 Å². The van der Waals surface area contributed by atoms with Gasteiger partial charge in [0.25, 0.3) is 0 Å². The number of carbonyl (C=O) groups is 2. The molecule has 0 saturated carbocycles. The summed E-state index contributed by atoms with van der Waals surface area (Å²) in [7, 11) is 0. The first-order chi connectivity index (χ1) is 9.58. The molecule has 1 aromatic heterocycles. The molecule has 1 aliphatic rings. The van der Waals surface area contributed by atoms with Gasteiger partial charge in [0.2, 0.25) is 5.91 Å². The molecular weight excluding hydrogens is 278 g/mol. The Morgan fingerprint density at radius 2 is 2.15 bits per heavy atom. The maximum atomic E-state index is 12.7. The monoisotopic (exact) mass is 289 g/mol. The van der Waals surface area contributed by atoms with Crippen molar-refractivity contribution in [2.45, 2.75) is 19.3 Å². The van der Waals surface area contributed by atoms with Crippen LogP contribution in [0, 0.1) is 6.92 Å². The van der Waals surface area contributed by atoms with E-state index in [1.807, 2.05) is 6.92 Å². The molecule has 0 saturated heterocycles. The number of aromatic amines is 1. The number of H-pyrrole nitrogens is 1. The Labute approximate surface area is 120 Å². The summed E-state index contributed by atoms with van der Waals surface area (Å²) in [6.45, 7) is 1.83. The number of fused-ring (bicyclic) bond motifs is 1. The second kappa shape index (κ2) is 4.76. The lowest BCUT2D eigenvalue weighted by Crippen LogP contribution is -2.27. The number of anilines is 1. The quantitative estimate of drug-likeness (QED) is 0.835. The smallest absolute Gasteiger partial charge is 0.226 e. The van der Waals surface area contributed by atoms with Gasteiger partial charge >= 0.3 is 0 Å². The van der Waals surface area contributed by atoms with Crippen LogP contribution in [0.25, 0.3) is 0 Å². The summed E-state index contributed by atoms with van der Waals surface area (Å²) in [6, 6.07) is 6.86. The van der Waals surface area contributed by atoms with E-state index in [4.69, 9.17) is 11.6 Å². The summed E-state index contributed by atoms with van der Waals surface area (Å²) in [5.41, 5.74) is 1.96. The van der Waals surface area contributed by atoms with Crippen LogP contribution in [-0.2, 0) is 4.79 Å². The molecule has 0 spiro atoms. The van der Waals surface area contributed by atoms with Gasteiger partial charge in [0.15, 0.2) is 11.6 Å². The van der Waals surface area contributed by atoms with E-state index in [0.29, 0.717) is 16.4 Å². The number of hydrogen-bond acceptors (Lipinski definition) is 3. The highest BCUT2D eigenvalue weighted by molar-refractivity contribution is 6.34. The zero-order valence-corrected chi connectivity index (χ0v) is 11.5. The van der Waals surface area contributed by atoms with E-state index in [1.165, 1.54) is 0 Å². The summed E-state index contributed by atoms with van der Waals surface area (Å²) in [4.78, 5) is 24.4. The van der Waals surface area contributed by atoms with Crippen molar-refractivity contribution >= 4 is 29.1 Å². The summed E-state index contributed by atoms with van der Waals surface area (Å²) in [5.74, 6) is -0.479. The standard InChI is InChI=1S/C14H12ClN3O2/c1-7-12-9(6-11(19)16-14(12)18-17-7)13(20)8-4-2-3-5-10(8)15/h2-5,9H,6H2,1H3,(H2,16,17,18,19). The maximum Gasteiger partial charge on any atom is 0.226 e. The summed E-state index contributed by atoms with van der Waals surface area (Å²) < 4.78 is 0. The van der Waals surface area contributed by atoms with E-state index in [-0.39, 0.29) is 18.1 Å².